The van der Waals surface area contributed by atoms with E-state index in [1.165, 1.54) is 12.1 Å². The van der Waals surface area contributed by atoms with Gasteiger partial charge < -0.3 is 9.64 Å². The summed E-state index contributed by atoms with van der Waals surface area (Å²) < 4.78 is 46.0. The van der Waals surface area contributed by atoms with Crippen molar-refractivity contribution >= 4 is 11.5 Å². The summed E-state index contributed by atoms with van der Waals surface area (Å²) in [5.74, 6) is 1.37. The molecule has 3 heterocycles. The molecule has 0 amide bonds. The zero-order valence-electron chi connectivity index (χ0n) is 16.3. The highest BCUT2D eigenvalue weighted by Crippen LogP contribution is 2.31. The van der Waals surface area contributed by atoms with Crippen LogP contribution in [0.3, 0.4) is 0 Å². The predicted octanol–water partition coefficient (Wildman–Crippen LogP) is 4.39. The first-order valence-electron chi connectivity index (χ1n) is 9.81. The Hall–Kier alpha value is -3.46. The third-order valence-electron chi connectivity index (χ3n) is 5.28. The number of rotatable bonds is 3. The Kier molecular flexibility index (Phi) is 4.82. The zero-order valence-corrected chi connectivity index (χ0v) is 16.3. The Morgan fingerprint density at radius 3 is 2.42 bits per heavy atom. The summed E-state index contributed by atoms with van der Waals surface area (Å²) in [4.78, 5) is 2.06. The van der Waals surface area contributed by atoms with E-state index in [2.05, 4.69) is 15.1 Å². The number of anilines is 1. The van der Waals surface area contributed by atoms with E-state index in [0.717, 1.165) is 23.5 Å². The molecule has 1 aliphatic rings. The number of aromatic nitrogens is 4. The fourth-order valence-corrected chi connectivity index (χ4v) is 3.66. The van der Waals surface area contributed by atoms with E-state index in [-0.39, 0.29) is 6.10 Å². The highest BCUT2D eigenvalue weighted by molar-refractivity contribution is 5.59. The fourth-order valence-electron chi connectivity index (χ4n) is 3.66. The molecule has 0 spiro atoms. The van der Waals surface area contributed by atoms with Crippen molar-refractivity contribution in [3.63, 3.8) is 0 Å². The molecule has 1 aliphatic heterocycles. The van der Waals surface area contributed by atoms with Gasteiger partial charge in [0.2, 0.25) is 0 Å². The van der Waals surface area contributed by atoms with Gasteiger partial charge in [0.25, 0.3) is 0 Å². The molecule has 5 rings (SSSR count). The summed E-state index contributed by atoms with van der Waals surface area (Å²) in [5.41, 5.74) is 1.57. The lowest BCUT2D eigenvalue weighted by molar-refractivity contribution is -0.137. The van der Waals surface area contributed by atoms with Crippen LogP contribution < -0.4 is 4.90 Å². The second kappa shape index (κ2) is 7.66. The third kappa shape index (κ3) is 3.84. The van der Waals surface area contributed by atoms with E-state index < -0.39 is 11.7 Å². The molecule has 1 fully saturated rings. The maximum Gasteiger partial charge on any atom is 0.416 e. The standard InChI is InChI=1S/C22H18F3N5O/c23-22(24,25)17-8-6-15(7-9-17)18-14-29(12-13-31-18)20-11-10-19-26-27-21(30(19)28-20)16-4-2-1-3-5-16/h1-11,18H,12-14H2. The van der Waals surface area contributed by atoms with Crippen LogP contribution in [-0.2, 0) is 10.9 Å². The molecule has 0 saturated carbocycles. The SMILES string of the molecule is FC(F)(F)c1ccc(C2CN(c3ccc4nnc(-c5ccccc5)n4n3)CCO2)cc1. The summed E-state index contributed by atoms with van der Waals surface area (Å²) in [7, 11) is 0. The molecular weight excluding hydrogens is 407 g/mol. The van der Waals surface area contributed by atoms with Crippen LogP contribution in [0.15, 0.2) is 66.7 Å². The average molecular weight is 425 g/mol. The molecule has 0 N–H and O–H groups in total. The number of fused-ring (bicyclic) bond motifs is 1. The minimum Gasteiger partial charge on any atom is -0.370 e. The van der Waals surface area contributed by atoms with Gasteiger partial charge in [0.05, 0.1) is 12.2 Å². The normalized spacial score (nSPS) is 17.3. The topological polar surface area (TPSA) is 55.6 Å². The van der Waals surface area contributed by atoms with Crippen molar-refractivity contribution in [2.45, 2.75) is 12.3 Å². The first-order valence-corrected chi connectivity index (χ1v) is 9.81. The van der Waals surface area contributed by atoms with Gasteiger partial charge >= 0.3 is 6.18 Å². The highest BCUT2D eigenvalue weighted by atomic mass is 19.4. The van der Waals surface area contributed by atoms with E-state index in [0.29, 0.717) is 36.7 Å². The smallest absolute Gasteiger partial charge is 0.370 e. The Morgan fingerprint density at radius 2 is 1.68 bits per heavy atom. The van der Waals surface area contributed by atoms with Crippen molar-refractivity contribution in [2.75, 3.05) is 24.6 Å². The van der Waals surface area contributed by atoms with E-state index in [1.807, 2.05) is 42.5 Å². The van der Waals surface area contributed by atoms with Crippen molar-refractivity contribution in [1.82, 2.24) is 19.8 Å². The molecule has 1 atom stereocenters. The minimum absolute atomic E-state index is 0.344. The maximum atomic E-state index is 12.8. The molecule has 158 valence electrons. The molecule has 9 heteroatoms. The number of morpholine rings is 1. The molecule has 1 unspecified atom stereocenters. The van der Waals surface area contributed by atoms with Gasteiger partial charge in [-0.1, -0.05) is 42.5 Å². The summed E-state index contributed by atoms with van der Waals surface area (Å²) in [5, 5.41) is 13.2. The van der Waals surface area contributed by atoms with Crippen molar-refractivity contribution in [1.29, 1.82) is 0 Å². The third-order valence-corrected chi connectivity index (χ3v) is 5.28. The molecule has 1 saturated heterocycles. The number of benzene rings is 2. The van der Waals surface area contributed by atoms with Crippen molar-refractivity contribution < 1.29 is 17.9 Å². The molecule has 2 aromatic carbocycles. The van der Waals surface area contributed by atoms with Crippen LogP contribution in [0.1, 0.15) is 17.2 Å². The van der Waals surface area contributed by atoms with E-state index >= 15 is 0 Å². The monoisotopic (exact) mass is 425 g/mol. The molecule has 0 aliphatic carbocycles. The number of hydrogen-bond acceptors (Lipinski definition) is 5. The van der Waals surface area contributed by atoms with Crippen LogP contribution >= 0.6 is 0 Å². The summed E-state index contributed by atoms with van der Waals surface area (Å²) in [6.07, 6.45) is -4.70. The number of halogens is 3. The number of alkyl halides is 3. The molecule has 6 nitrogen and oxygen atoms in total. The van der Waals surface area contributed by atoms with Gasteiger partial charge in [-0.15, -0.1) is 15.3 Å². The summed E-state index contributed by atoms with van der Waals surface area (Å²) in [6.45, 7) is 1.55. The Balaban J connectivity index is 1.41. The van der Waals surface area contributed by atoms with Gasteiger partial charge in [0.1, 0.15) is 11.9 Å². The lowest BCUT2D eigenvalue weighted by Crippen LogP contribution is -2.39. The van der Waals surface area contributed by atoms with Crippen LogP contribution in [-0.4, -0.2) is 39.5 Å². The van der Waals surface area contributed by atoms with E-state index in [4.69, 9.17) is 9.84 Å². The van der Waals surface area contributed by atoms with Crippen LogP contribution in [0.2, 0.25) is 0 Å². The van der Waals surface area contributed by atoms with Gasteiger partial charge in [-0.25, -0.2) is 0 Å². The predicted molar refractivity (Wildman–Crippen MR) is 109 cm³/mol. The van der Waals surface area contributed by atoms with E-state index in [1.54, 1.807) is 4.52 Å². The molecule has 31 heavy (non-hydrogen) atoms. The highest BCUT2D eigenvalue weighted by Gasteiger charge is 2.31. The lowest BCUT2D eigenvalue weighted by atomic mass is 10.1. The first kappa shape index (κ1) is 19.5. The summed E-state index contributed by atoms with van der Waals surface area (Å²) >= 11 is 0. The van der Waals surface area contributed by atoms with Crippen LogP contribution in [0.5, 0.6) is 0 Å². The van der Waals surface area contributed by atoms with Crippen molar-refractivity contribution in [3.8, 4) is 11.4 Å². The fraction of sp³-hybridized carbons (Fsp3) is 0.227. The van der Waals surface area contributed by atoms with Gasteiger partial charge in [0, 0.05) is 18.7 Å². The van der Waals surface area contributed by atoms with Crippen LogP contribution in [0.4, 0.5) is 19.0 Å². The first-order chi connectivity index (χ1) is 15.0. The molecular formula is C22H18F3N5O. The Morgan fingerprint density at radius 1 is 0.903 bits per heavy atom. The zero-order chi connectivity index (χ0) is 21.4. The lowest BCUT2D eigenvalue weighted by Gasteiger charge is -2.34. The number of hydrogen-bond donors (Lipinski definition) is 0. The van der Waals surface area contributed by atoms with Crippen LogP contribution in [0, 0.1) is 0 Å². The maximum absolute atomic E-state index is 12.8. The number of nitrogens with zero attached hydrogens (tertiary/aromatic N) is 5. The molecule has 4 aromatic rings. The van der Waals surface area contributed by atoms with E-state index in [9.17, 15) is 13.2 Å². The van der Waals surface area contributed by atoms with Gasteiger partial charge in [-0.2, -0.15) is 17.7 Å². The minimum atomic E-state index is -4.35. The largest absolute Gasteiger partial charge is 0.416 e. The van der Waals surface area contributed by atoms with Gasteiger partial charge in [-0.05, 0) is 29.8 Å². The summed E-state index contributed by atoms with van der Waals surface area (Å²) in [6, 6.07) is 18.5. The van der Waals surface area contributed by atoms with Gasteiger partial charge in [0.15, 0.2) is 11.5 Å². The van der Waals surface area contributed by atoms with Crippen molar-refractivity contribution in [2.24, 2.45) is 0 Å². The molecule has 0 radical (unpaired) electrons. The second-order valence-electron chi connectivity index (χ2n) is 7.28. The van der Waals surface area contributed by atoms with Crippen molar-refractivity contribution in [3.05, 3.63) is 77.9 Å². The average Bonchev–Trinajstić information content (AvgIpc) is 3.23. The molecule has 0 bridgehead atoms. The quantitative estimate of drug-likeness (QED) is 0.487. The number of ether oxygens (including phenoxy) is 1. The van der Waals surface area contributed by atoms with Gasteiger partial charge in [-0.3, -0.25) is 0 Å². The van der Waals surface area contributed by atoms with Crippen LogP contribution in [0.25, 0.3) is 17.0 Å². The Bertz CT molecular complexity index is 1190. The molecule has 2 aromatic heterocycles. The Labute approximate surface area is 175 Å². The second-order valence-corrected chi connectivity index (χ2v) is 7.28.